The first-order valence-corrected chi connectivity index (χ1v) is 11.0. The second kappa shape index (κ2) is 8.94. The Morgan fingerprint density at radius 1 is 0.969 bits per heavy atom. The number of urea groups is 1. The minimum absolute atomic E-state index is 0.0394. The van der Waals surface area contributed by atoms with Gasteiger partial charge in [-0.15, -0.1) is 0 Å². The van der Waals surface area contributed by atoms with Crippen molar-refractivity contribution in [3.63, 3.8) is 0 Å². The maximum absolute atomic E-state index is 12.9. The van der Waals surface area contributed by atoms with Crippen molar-refractivity contribution in [1.82, 2.24) is 15.5 Å². The number of rotatable bonds is 6. The normalized spacial score (nSPS) is 21.2. The van der Waals surface area contributed by atoms with Gasteiger partial charge in [-0.1, -0.05) is 42.5 Å². The lowest BCUT2D eigenvalue weighted by atomic mass is 9.74. The Hall–Kier alpha value is -3.48. The number of amides is 4. The molecule has 0 spiro atoms. The van der Waals surface area contributed by atoms with Crippen LogP contribution in [0.1, 0.15) is 52.5 Å². The van der Waals surface area contributed by atoms with Crippen LogP contribution in [0, 0.1) is 5.92 Å². The second-order valence-corrected chi connectivity index (χ2v) is 8.57. The van der Waals surface area contributed by atoms with E-state index in [0.717, 1.165) is 5.56 Å². The third-order valence-electron chi connectivity index (χ3n) is 6.64. The Morgan fingerprint density at radius 2 is 1.59 bits per heavy atom. The minimum atomic E-state index is -0.953. The summed E-state index contributed by atoms with van der Waals surface area (Å²) in [4.78, 5) is 51.0. The number of nitrogens with one attached hydrogen (secondary N) is 2. The van der Waals surface area contributed by atoms with Crippen LogP contribution in [-0.2, 0) is 11.2 Å². The molecule has 4 amide bonds. The van der Waals surface area contributed by atoms with E-state index in [1.54, 1.807) is 29.2 Å². The highest BCUT2D eigenvalue weighted by atomic mass is 16.2. The molecule has 166 valence electrons. The van der Waals surface area contributed by atoms with E-state index in [-0.39, 0.29) is 23.5 Å². The van der Waals surface area contributed by atoms with E-state index < -0.39 is 11.6 Å². The van der Waals surface area contributed by atoms with Gasteiger partial charge in [0, 0.05) is 24.2 Å². The van der Waals surface area contributed by atoms with Gasteiger partial charge in [-0.2, -0.15) is 0 Å². The minimum Gasteiger partial charge on any atom is -0.339 e. The first-order chi connectivity index (χ1) is 15.4. The highest BCUT2D eigenvalue weighted by Crippen LogP contribution is 2.35. The summed E-state index contributed by atoms with van der Waals surface area (Å²) in [6.07, 6.45) is 2.44. The Bertz CT molecular complexity index is 1030. The first-order valence-electron chi connectivity index (χ1n) is 11.0. The van der Waals surface area contributed by atoms with Gasteiger partial charge < -0.3 is 10.2 Å². The number of carbonyl (C=O) groups is 4. The molecular formula is C25H27N3O4. The van der Waals surface area contributed by atoms with Crippen LogP contribution >= 0.6 is 0 Å². The molecule has 32 heavy (non-hydrogen) atoms. The summed E-state index contributed by atoms with van der Waals surface area (Å²) in [7, 11) is 0. The van der Waals surface area contributed by atoms with Gasteiger partial charge in [-0.05, 0) is 56.2 Å². The number of likely N-dealkylation sites (tertiary alicyclic amines) is 1. The molecule has 7 nitrogen and oxygen atoms in total. The highest BCUT2D eigenvalue weighted by molar-refractivity contribution is 6.07. The highest BCUT2D eigenvalue weighted by Gasteiger charge is 2.52. The fraction of sp³-hybridized carbons (Fsp3) is 0.360. The zero-order chi connectivity index (χ0) is 22.7. The molecule has 0 bridgehead atoms. The number of imide groups is 1. The first kappa shape index (κ1) is 21.7. The second-order valence-electron chi connectivity index (χ2n) is 8.57. The summed E-state index contributed by atoms with van der Waals surface area (Å²) in [5, 5.41) is 5.33. The molecule has 1 atom stereocenters. The largest absolute Gasteiger partial charge is 0.339 e. The smallest absolute Gasteiger partial charge is 0.322 e. The van der Waals surface area contributed by atoms with E-state index in [1.807, 2.05) is 30.3 Å². The van der Waals surface area contributed by atoms with E-state index in [4.69, 9.17) is 0 Å². The summed E-state index contributed by atoms with van der Waals surface area (Å²) in [5.74, 6) is -0.455. The third kappa shape index (κ3) is 4.28. The number of benzene rings is 2. The van der Waals surface area contributed by atoms with E-state index in [1.165, 1.54) is 6.92 Å². The van der Waals surface area contributed by atoms with Crippen LogP contribution in [0.4, 0.5) is 4.79 Å². The van der Waals surface area contributed by atoms with Gasteiger partial charge in [0.2, 0.25) is 0 Å². The SMILES string of the molecule is CC(=O)c1ccc(C(=O)N2CCC([C@]3(CCc4ccccc4)NC(=O)NC3=O)CC2)cc1. The van der Waals surface area contributed by atoms with E-state index in [2.05, 4.69) is 10.6 Å². The van der Waals surface area contributed by atoms with Crippen LogP contribution < -0.4 is 10.6 Å². The molecule has 0 unspecified atom stereocenters. The summed E-state index contributed by atoms with van der Waals surface area (Å²) in [6.45, 7) is 2.51. The number of Topliss-reactive ketones (excluding diaryl/α,β-unsaturated/α-hetero) is 1. The molecule has 2 aromatic rings. The van der Waals surface area contributed by atoms with Crippen molar-refractivity contribution in [2.75, 3.05) is 13.1 Å². The summed E-state index contributed by atoms with van der Waals surface area (Å²) in [5.41, 5.74) is 1.27. The van der Waals surface area contributed by atoms with Gasteiger partial charge in [0.15, 0.2) is 5.78 Å². The quantitative estimate of drug-likeness (QED) is 0.541. The standard InChI is InChI=1S/C25H27N3O4/c1-17(29)19-7-9-20(10-8-19)22(30)28-15-12-21(13-16-28)25(23(31)26-24(32)27-25)14-11-18-5-3-2-4-6-18/h2-10,21H,11-16H2,1H3,(H2,26,27,31,32)/t25-/m0/s1. The molecule has 2 aliphatic rings. The van der Waals surface area contributed by atoms with Crippen molar-refractivity contribution < 1.29 is 19.2 Å². The van der Waals surface area contributed by atoms with Crippen LogP contribution in [0.25, 0.3) is 0 Å². The van der Waals surface area contributed by atoms with Crippen molar-refractivity contribution in [2.24, 2.45) is 5.92 Å². The lowest BCUT2D eigenvalue weighted by Gasteiger charge is -2.40. The summed E-state index contributed by atoms with van der Waals surface area (Å²) in [6, 6.07) is 16.1. The molecule has 0 aromatic heterocycles. The van der Waals surface area contributed by atoms with Crippen molar-refractivity contribution in [1.29, 1.82) is 0 Å². The number of nitrogens with zero attached hydrogens (tertiary/aromatic N) is 1. The molecule has 2 fully saturated rings. The molecule has 4 rings (SSSR count). The van der Waals surface area contributed by atoms with Gasteiger partial charge in [0.05, 0.1) is 0 Å². The van der Waals surface area contributed by atoms with E-state index >= 15 is 0 Å². The van der Waals surface area contributed by atoms with E-state index in [9.17, 15) is 19.2 Å². The average Bonchev–Trinajstić information content (AvgIpc) is 3.12. The predicted octanol–water partition coefficient (Wildman–Crippen LogP) is 2.95. The number of piperidine rings is 1. The Labute approximate surface area is 187 Å². The van der Waals surface area contributed by atoms with Crippen LogP contribution in [0.15, 0.2) is 54.6 Å². The molecule has 0 saturated carbocycles. The molecule has 7 heteroatoms. The predicted molar refractivity (Wildman–Crippen MR) is 119 cm³/mol. The number of hydrogen-bond donors (Lipinski definition) is 2. The number of aryl methyl sites for hydroxylation is 1. The van der Waals surface area contributed by atoms with Crippen molar-refractivity contribution in [3.05, 3.63) is 71.3 Å². The molecular weight excluding hydrogens is 406 g/mol. The fourth-order valence-electron chi connectivity index (χ4n) is 4.76. The van der Waals surface area contributed by atoms with Crippen LogP contribution in [0.5, 0.6) is 0 Å². The zero-order valence-electron chi connectivity index (χ0n) is 18.1. The van der Waals surface area contributed by atoms with Crippen molar-refractivity contribution in [2.45, 2.75) is 38.1 Å². The van der Waals surface area contributed by atoms with Gasteiger partial charge in [0.1, 0.15) is 5.54 Å². The molecule has 2 aromatic carbocycles. The number of carbonyl (C=O) groups excluding carboxylic acids is 4. The molecule has 0 radical (unpaired) electrons. The van der Waals surface area contributed by atoms with Gasteiger partial charge in [-0.25, -0.2) is 4.79 Å². The Kier molecular flexibility index (Phi) is 6.08. The van der Waals surface area contributed by atoms with Crippen LogP contribution in [-0.4, -0.2) is 47.2 Å². The summed E-state index contributed by atoms with van der Waals surface area (Å²) >= 11 is 0. The Balaban J connectivity index is 1.44. The maximum Gasteiger partial charge on any atom is 0.322 e. The van der Waals surface area contributed by atoms with Crippen molar-refractivity contribution in [3.8, 4) is 0 Å². The average molecular weight is 434 g/mol. The third-order valence-corrected chi connectivity index (χ3v) is 6.64. The lowest BCUT2D eigenvalue weighted by Crippen LogP contribution is -2.56. The molecule has 2 heterocycles. The molecule has 2 saturated heterocycles. The Morgan fingerprint density at radius 3 is 2.16 bits per heavy atom. The van der Waals surface area contributed by atoms with Gasteiger partial charge >= 0.3 is 6.03 Å². The monoisotopic (exact) mass is 433 g/mol. The molecule has 2 aliphatic heterocycles. The maximum atomic E-state index is 12.9. The van der Waals surface area contributed by atoms with Gasteiger partial charge in [0.25, 0.3) is 11.8 Å². The van der Waals surface area contributed by atoms with Crippen molar-refractivity contribution >= 4 is 23.6 Å². The number of hydrogen-bond acceptors (Lipinski definition) is 4. The molecule has 0 aliphatic carbocycles. The lowest BCUT2D eigenvalue weighted by molar-refractivity contribution is -0.126. The summed E-state index contributed by atoms with van der Waals surface area (Å²) < 4.78 is 0. The topological polar surface area (TPSA) is 95.6 Å². The number of ketones is 1. The fourth-order valence-corrected chi connectivity index (χ4v) is 4.76. The zero-order valence-corrected chi connectivity index (χ0v) is 18.1. The molecule has 2 N–H and O–H groups in total. The van der Waals surface area contributed by atoms with E-state index in [0.29, 0.717) is 49.9 Å². The van der Waals surface area contributed by atoms with Crippen LogP contribution in [0.2, 0.25) is 0 Å². The van der Waals surface area contributed by atoms with Crippen LogP contribution in [0.3, 0.4) is 0 Å². The van der Waals surface area contributed by atoms with Gasteiger partial charge in [-0.3, -0.25) is 19.7 Å².